The number of hydrogen-bond donors (Lipinski definition) is 1. The van der Waals surface area contributed by atoms with Crippen LogP contribution in [0.1, 0.15) is 13.3 Å². The van der Waals surface area contributed by atoms with Crippen molar-refractivity contribution in [3.05, 3.63) is 29.3 Å². The van der Waals surface area contributed by atoms with Crippen LogP contribution in [0, 0.1) is 11.3 Å². The van der Waals surface area contributed by atoms with E-state index in [1.165, 1.54) is 0 Å². The Bertz CT molecular complexity index is 427. The molecule has 0 spiro atoms. The second-order valence-electron chi connectivity index (χ2n) is 4.42. The molecule has 2 atom stereocenters. The number of nitrogens with zero attached hydrogens (tertiary/aromatic N) is 2. The monoisotopic (exact) mass is 249 g/mol. The molecule has 1 aromatic rings. The summed E-state index contributed by atoms with van der Waals surface area (Å²) in [6, 6.07) is 10.7. The van der Waals surface area contributed by atoms with E-state index in [9.17, 15) is 0 Å². The quantitative estimate of drug-likeness (QED) is 0.875. The minimum absolute atomic E-state index is 0.229. The smallest absolute Gasteiger partial charge is 0.0639 e. The molecule has 17 heavy (non-hydrogen) atoms. The molecule has 0 radical (unpaired) electrons. The summed E-state index contributed by atoms with van der Waals surface area (Å²) in [6.45, 7) is 3.88. The lowest BCUT2D eigenvalue weighted by Crippen LogP contribution is -2.55. The molecule has 0 amide bonds. The normalized spacial score (nSPS) is 24.4. The van der Waals surface area contributed by atoms with Crippen molar-refractivity contribution in [2.75, 3.05) is 18.0 Å². The van der Waals surface area contributed by atoms with Crippen LogP contribution in [0.2, 0.25) is 5.02 Å². The van der Waals surface area contributed by atoms with Gasteiger partial charge in [-0.15, -0.1) is 0 Å². The third-order valence-corrected chi connectivity index (χ3v) is 3.47. The Hall–Kier alpha value is -1.24. The third kappa shape index (κ3) is 2.71. The predicted molar refractivity (Wildman–Crippen MR) is 70.3 cm³/mol. The number of benzene rings is 1. The number of nitriles is 1. The summed E-state index contributed by atoms with van der Waals surface area (Å²) in [5, 5.41) is 12.9. The van der Waals surface area contributed by atoms with Crippen LogP contribution in [-0.2, 0) is 0 Å². The molecule has 1 heterocycles. The summed E-state index contributed by atoms with van der Waals surface area (Å²) in [4.78, 5) is 2.28. The molecule has 1 N–H and O–H groups in total. The molecule has 2 unspecified atom stereocenters. The molecular weight excluding hydrogens is 234 g/mol. The summed E-state index contributed by atoms with van der Waals surface area (Å²) < 4.78 is 0. The van der Waals surface area contributed by atoms with Crippen LogP contribution in [0.5, 0.6) is 0 Å². The molecule has 1 aliphatic heterocycles. The average molecular weight is 250 g/mol. The Balaban J connectivity index is 2.18. The molecular formula is C13H16ClN3. The molecule has 1 aliphatic rings. The van der Waals surface area contributed by atoms with Gasteiger partial charge in [-0.1, -0.05) is 23.7 Å². The Labute approximate surface area is 107 Å². The number of anilines is 1. The fraction of sp³-hybridized carbons (Fsp3) is 0.462. The van der Waals surface area contributed by atoms with Crippen molar-refractivity contribution in [3.63, 3.8) is 0 Å². The summed E-state index contributed by atoms with van der Waals surface area (Å²) in [5.41, 5.74) is 1.06. The number of nitrogens with one attached hydrogen (secondary N) is 1. The third-order valence-electron chi connectivity index (χ3n) is 3.15. The van der Waals surface area contributed by atoms with Gasteiger partial charge in [0, 0.05) is 25.2 Å². The zero-order valence-electron chi connectivity index (χ0n) is 9.86. The van der Waals surface area contributed by atoms with Crippen molar-refractivity contribution in [2.24, 2.45) is 0 Å². The number of rotatable bonds is 2. The largest absolute Gasteiger partial charge is 0.365 e. The maximum absolute atomic E-state index is 8.76. The lowest BCUT2D eigenvalue weighted by molar-refractivity contribution is 0.409. The summed E-state index contributed by atoms with van der Waals surface area (Å²) in [7, 11) is 0. The van der Waals surface area contributed by atoms with E-state index in [1.807, 2.05) is 24.3 Å². The summed E-state index contributed by atoms with van der Waals surface area (Å²) in [5.74, 6) is 0. The van der Waals surface area contributed by atoms with Gasteiger partial charge in [-0.2, -0.15) is 5.26 Å². The highest BCUT2D eigenvalue weighted by molar-refractivity contribution is 6.33. The SMILES string of the molecule is CC1CNC(CC#N)CN1c1ccccc1Cl. The van der Waals surface area contributed by atoms with Crippen molar-refractivity contribution in [3.8, 4) is 6.07 Å². The van der Waals surface area contributed by atoms with Gasteiger partial charge in [0.25, 0.3) is 0 Å². The zero-order valence-corrected chi connectivity index (χ0v) is 10.6. The zero-order chi connectivity index (χ0) is 12.3. The van der Waals surface area contributed by atoms with Crippen molar-refractivity contribution >= 4 is 17.3 Å². The van der Waals surface area contributed by atoms with Gasteiger partial charge in [-0.3, -0.25) is 0 Å². The van der Waals surface area contributed by atoms with E-state index >= 15 is 0 Å². The van der Waals surface area contributed by atoms with Gasteiger partial charge in [0.05, 0.1) is 23.2 Å². The van der Waals surface area contributed by atoms with E-state index in [1.54, 1.807) is 0 Å². The van der Waals surface area contributed by atoms with Gasteiger partial charge in [0.2, 0.25) is 0 Å². The van der Waals surface area contributed by atoms with E-state index in [0.29, 0.717) is 12.5 Å². The minimum Gasteiger partial charge on any atom is -0.365 e. The van der Waals surface area contributed by atoms with E-state index in [0.717, 1.165) is 23.8 Å². The first kappa shape index (κ1) is 12.2. The molecule has 1 fully saturated rings. The lowest BCUT2D eigenvalue weighted by Gasteiger charge is -2.40. The fourth-order valence-corrected chi connectivity index (χ4v) is 2.44. The highest BCUT2D eigenvalue weighted by atomic mass is 35.5. The second kappa shape index (κ2) is 5.39. The number of hydrogen-bond acceptors (Lipinski definition) is 3. The highest BCUT2D eigenvalue weighted by Gasteiger charge is 2.25. The van der Waals surface area contributed by atoms with E-state index < -0.39 is 0 Å². The number of piperazine rings is 1. The van der Waals surface area contributed by atoms with Gasteiger partial charge in [-0.25, -0.2) is 0 Å². The maximum Gasteiger partial charge on any atom is 0.0639 e. The molecule has 0 aliphatic carbocycles. The van der Waals surface area contributed by atoms with Gasteiger partial charge < -0.3 is 10.2 Å². The number of halogens is 1. The van der Waals surface area contributed by atoms with Crippen molar-refractivity contribution in [1.29, 1.82) is 5.26 Å². The molecule has 0 saturated carbocycles. The molecule has 0 aromatic heterocycles. The van der Waals surface area contributed by atoms with Crippen molar-refractivity contribution in [1.82, 2.24) is 5.32 Å². The molecule has 4 heteroatoms. The second-order valence-corrected chi connectivity index (χ2v) is 4.83. The number of para-hydroxylation sites is 1. The molecule has 90 valence electrons. The first-order valence-electron chi connectivity index (χ1n) is 5.84. The first-order chi connectivity index (χ1) is 8.22. The van der Waals surface area contributed by atoms with Gasteiger partial charge in [-0.05, 0) is 19.1 Å². The molecule has 1 aromatic carbocycles. The van der Waals surface area contributed by atoms with Crippen LogP contribution < -0.4 is 10.2 Å². The van der Waals surface area contributed by atoms with Gasteiger partial charge >= 0.3 is 0 Å². The summed E-state index contributed by atoms with van der Waals surface area (Å²) >= 11 is 6.22. The fourth-order valence-electron chi connectivity index (χ4n) is 2.20. The Morgan fingerprint density at radius 2 is 2.29 bits per heavy atom. The summed E-state index contributed by atoms with van der Waals surface area (Å²) in [6.07, 6.45) is 0.535. The molecule has 3 nitrogen and oxygen atoms in total. The minimum atomic E-state index is 0.229. The van der Waals surface area contributed by atoms with Gasteiger partial charge in [0.15, 0.2) is 0 Å². The Morgan fingerprint density at radius 3 is 3.00 bits per heavy atom. The van der Waals surface area contributed by atoms with E-state index in [4.69, 9.17) is 16.9 Å². The predicted octanol–water partition coefficient (Wildman–Crippen LogP) is 2.42. The Morgan fingerprint density at radius 1 is 1.53 bits per heavy atom. The highest BCUT2D eigenvalue weighted by Crippen LogP contribution is 2.28. The first-order valence-corrected chi connectivity index (χ1v) is 6.21. The maximum atomic E-state index is 8.76. The average Bonchev–Trinajstić information content (AvgIpc) is 2.33. The van der Waals surface area contributed by atoms with Gasteiger partial charge in [0.1, 0.15) is 0 Å². The van der Waals surface area contributed by atoms with E-state index in [2.05, 4.69) is 23.2 Å². The topological polar surface area (TPSA) is 39.1 Å². The molecule has 2 rings (SSSR count). The van der Waals surface area contributed by atoms with Crippen molar-refractivity contribution < 1.29 is 0 Å². The van der Waals surface area contributed by atoms with Crippen LogP contribution in [0.15, 0.2) is 24.3 Å². The lowest BCUT2D eigenvalue weighted by atomic mass is 10.1. The van der Waals surface area contributed by atoms with Crippen LogP contribution in [0.3, 0.4) is 0 Å². The van der Waals surface area contributed by atoms with Crippen LogP contribution in [0.25, 0.3) is 0 Å². The molecule has 1 saturated heterocycles. The van der Waals surface area contributed by atoms with E-state index in [-0.39, 0.29) is 6.04 Å². The van der Waals surface area contributed by atoms with Crippen molar-refractivity contribution in [2.45, 2.75) is 25.4 Å². The van der Waals surface area contributed by atoms with Crippen LogP contribution >= 0.6 is 11.6 Å². The van der Waals surface area contributed by atoms with Crippen LogP contribution in [-0.4, -0.2) is 25.2 Å². The molecule has 0 bridgehead atoms. The van der Waals surface area contributed by atoms with Crippen LogP contribution in [0.4, 0.5) is 5.69 Å². The standard InChI is InChI=1S/C13H16ClN3/c1-10-8-16-11(6-7-15)9-17(10)13-5-3-2-4-12(13)14/h2-5,10-11,16H,6,8-9H2,1H3. The Kier molecular flexibility index (Phi) is 3.88.